The summed E-state index contributed by atoms with van der Waals surface area (Å²) >= 11 is 0. The number of nitrogens with zero attached hydrogens (tertiary/aromatic N) is 2. The minimum atomic E-state index is -0.907. The van der Waals surface area contributed by atoms with Gasteiger partial charge in [0, 0.05) is 17.8 Å². The Balaban J connectivity index is 3.20. The van der Waals surface area contributed by atoms with Crippen molar-refractivity contribution in [3.05, 3.63) is 34.4 Å². The first kappa shape index (κ1) is 15.6. The van der Waals surface area contributed by atoms with Gasteiger partial charge in [-0.15, -0.1) is 0 Å². The Kier molecular flexibility index (Phi) is 4.76. The highest BCUT2D eigenvalue weighted by molar-refractivity contribution is 6.02. The van der Waals surface area contributed by atoms with E-state index in [0.29, 0.717) is 5.69 Å². The zero-order chi connectivity index (χ0) is 15.4. The van der Waals surface area contributed by atoms with Gasteiger partial charge in [0.15, 0.2) is 0 Å². The van der Waals surface area contributed by atoms with Crippen LogP contribution in [0, 0.1) is 10.1 Å². The van der Waals surface area contributed by atoms with Crippen LogP contribution < -0.4 is 16.4 Å². The van der Waals surface area contributed by atoms with E-state index in [9.17, 15) is 19.7 Å². The number of rotatable bonds is 5. The van der Waals surface area contributed by atoms with Crippen LogP contribution in [0.5, 0.6) is 0 Å². The van der Waals surface area contributed by atoms with Gasteiger partial charge in [0.1, 0.15) is 6.04 Å². The Morgan fingerprint density at radius 2 is 1.75 bits per heavy atom. The van der Waals surface area contributed by atoms with Crippen molar-refractivity contribution in [1.82, 2.24) is 0 Å². The molecule has 0 aliphatic heterocycles. The molecule has 0 aliphatic carbocycles. The predicted molar refractivity (Wildman–Crippen MR) is 72.9 cm³/mol. The zero-order valence-corrected chi connectivity index (χ0v) is 11.1. The number of carbonyl (C=O) groups excluding carboxylic acids is 2. The molecule has 0 bridgehead atoms. The fourth-order valence-electron chi connectivity index (χ4n) is 1.62. The molecule has 0 spiro atoms. The van der Waals surface area contributed by atoms with E-state index in [4.69, 9.17) is 11.5 Å². The highest BCUT2D eigenvalue weighted by Gasteiger charge is 2.28. The molecule has 0 aliphatic rings. The van der Waals surface area contributed by atoms with Gasteiger partial charge in [-0.25, -0.2) is 0 Å². The third-order valence-electron chi connectivity index (χ3n) is 2.76. The quantitative estimate of drug-likeness (QED) is 0.585. The van der Waals surface area contributed by atoms with Crippen LogP contribution in [0.1, 0.15) is 13.8 Å². The minimum absolute atomic E-state index is 0.117. The first-order valence-electron chi connectivity index (χ1n) is 5.88. The Morgan fingerprint density at radius 3 is 2.10 bits per heavy atom. The average molecular weight is 280 g/mol. The van der Waals surface area contributed by atoms with Gasteiger partial charge >= 0.3 is 0 Å². The standard InChI is InChI=1S/C12H16N4O4/c1-7(13)12(18)15(8(2)11(14)17)9-3-5-10(6-4-9)16(19)20/h3-8H,13H2,1-2H3,(H2,14,17)/t7-,8-/m0/s1. The summed E-state index contributed by atoms with van der Waals surface area (Å²) in [6.45, 7) is 2.94. The fourth-order valence-corrected chi connectivity index (χ4v) is 1.62. The van der Waals surface area contributed by atoms with Crippen molar-refractivity contribution < 1.29 is 14.5 Å². The maximum atomic E-state index is 12.1. The topological polar surface area (TPSA) is 133 Å². The van der Waals surface area contributed by atoms with Crippen molar-refractivity contribution in [3.63, 3.8) is 0 Å². The van der Waals surface area contributed by atoms with Crippen molar-refractivity contribution >= 4 is 23.2 Å². The van der Waals surface area contributed by atoms with Crippen molar-refractivity contribution in [2.24, 2.45) is 11.5 Å². The maximum Gasteiger partial charge on any atom is 0.269 e. The van der Waals surface area contributed by atoms with Gasteiger partial charge in [-0.2, -0.15) is 0 Å². The summed E-state index contributed by atoms with van der Waals surface area (Å²) in [6, 6.07) is 3.49. The van der Waals surface area contributed by atoms with Crippen LogP contribution >= 0.6 is 0 Å². The third kappa shape index (κ3) is 3.29. The minimum Gasteiger partial charge on any atom is -0.368 e. The highest BCUT2D eigenvalue weighted by Crippen LogP contribution is 2.22. The summed E-state index contributed by atoms with van der Waals surface area (Å²) in [5, 5.41) is 10.6. The molecule has 2 atom stereocenters. The molecule has 8 nitrogen and oxygen atoms in total. The number of nitrogens with two attached hydrogens (primary N) is 2. The summed E-state index contributed by atoms with van der Waals surface area (Å²) in [7, 11) is 0. The van der Waals surface area contributed by atoms with Crippen LogP contribution in [0.4, 0.5) is 11.4 Å². The number of nitro groups is 1. The molecule has 8 heteroatoms. The van der Waals surface area contributed by atoms with Gasteiger partial charge in [-0.1, -0.05) is 0 Å². The molecule has 0 radical (unpaired) electrons. The van der Waals surface area contributed by atoms with Gasteiger partial charge in [0.05, 0.1) is 11.0 Å². The molecule has 0 saturated carbocycles. The van der Waals surface area contributed by atoms with Crippen molar-refractivity contribution in [3.8, 4) is 0 Å². The van der Waals surface area contributed by atoms with Crippen LogP contribution in [0.2, 0.25) is 0 Å². The molecule has 1 rings (SSSR count). The Morgan fingerprint density at radius 1 is 1.25 bits per heavy atom. The number of anilines is 1. The molecule has 20 heavy (non-hydrogen) atoms. The van der Waals surface area contributed by atoms with Crippen LogP contribution in [0.25, 0.3) is 0 Å². The molecule has 1 aromatic rings. The SMILES string of the molecule is C[C@H](N)C(=O)N(c1ccc([N+](=O)[O-])cc1)[C@@H](C)C(N)=O. The lowest BCUT2D eigenvalue weighted by Crippen LogP contribution is -2.51. The van der Waals surface area contributed by atoms with E-state index in [2.05, 4.69) is 0 Å². The largest absolute Gasteiger partial charge is 0.368 e. The van der Waals surface area contributed by atoms with E-state index < -0.39 is 28.8 Å². The van der Waals surface area contributed by atoms with Crippen LogP contribution in [0.15, 0.2) is 24.3 Å². The van der Waals surface area contributed by atoms with Crippen molar-refractivity contribution in [1.29, 1.82) is 0 Å². The van der Waals surface area contributed by atoms with Gasteiger partial charge in [0.25, 0.3) is 5.69 Å². The number of non-ortho nitro benzene ring substituents is 1. The second-order valence-electron chi connectivity index (χ2n) is 4.35. The summed E-state index contributed by atoms with van der Waals surface area (Å²) in [5.74, 6) is -1.19. The molecular formula is C12H16N4O4. The smallest absolute Gasteiger partial charge is 0.269 e. The van der Waals surface area contributed by atoms with E-state index in [1.807, 2.05) is 0 Å². The number of amides is 2. The van der Waals surface area contributed by atoms with Crippen molar-refractivity contribution in [2.75, 3.05) is 4.90 Å². The molecule has 0 unspecified atom stereocenters. The fraction of sp³-hybridized carbons (Fsp3) is 0.333. The van der Waals surface area contributed by atoms with E-state index in [1.165, 1.54) is 38.1 Å². The predicted octanol–water partition coefficient (Wildman–Crippen LogP) is 0.149. The van der Waals surface area contributed by atoms with Gasteiger partial charge in [0.2, 0.25) is 11.8 Å². The van der Waals surface area contributed by atoms with Crippen molar-refractivity contribution in [2.45, 2.75) is 25.9 Å². The van der Waals surface area contributed by atoms with Gasteiger partial charge < -0.3 is 11.5 Å². The lowest BCUT2D eigenvalue weighted by molar-refractivity contribution is -0.384. The van der Waals surface area contributed by atoms with E-state index in [0.717, 1.165) is 4.90 Å². The lowest BCUT2D eigenvalue weighted by atomic mass is 10.1. The number of primary amides is 1. The number of carbonyl (C=O) groups is 2. The monoisotopic (exact) mass is 280 g/mol. The average Bonchev–Trinajstić information content (AvgIpc) is 2.39. The Labute approximate surface area is 115 Å². The number of nitro benzene ring substituents is 1. The summed E-state index contributed by atoms with van der Waals surface area (Å²) in [6.07, 6.45) is 0. The van der Waals surface area contributed by atoms with Crippen LogP contribution in [0.3, 0.4) is 0 Å². The summed E-state index contributed by atoms with van der Waals surface area (Å²) in [5.41, 5.74) is 11.0. The molecule has 108 valence electrons. The first-order chi connectivity index (χ1) is 9.25. The number of hydrogen-bond donors (Lipinski definition) is 2. The van der Waals surface area contributed by atoms with Gasteiger partial charge in [-0.05, 0) is 26.0 Å². The van der Waals surface area contributed by atoms with Gasteiger partial charge in [-0.3, -0.25) is 24.6 Å². The molecule has 0 aromatic heterocycles. The molecular weight excluding hydrogens is 264 g/mol. The second-order valence-corrected chi connectivity index (χ2v) is 4.35. The third-order valence-corrected chi connectivity index (χ3v) is 2.76. The molecule has 0 fully saturated rings. The number of benzene rings is 1. The molecule has 0 saturated heterocycles. The summed E-state index contributed by atoms with van der Waals surface area (Å²) < 4.78 is 0. The Hall–Kier alpha value is -2.48. The van der Waals surface area contributed by atoms with E-state index in [-0.39, 0.29) is 5.69 Å². The maximum absolute atomic E-state index is 12.1. The van der Waals surface area contributed by atoms with E-state index in [1.54, 1.807) is 0 Å². The van der Waals surface area contributed by atoms with Crippen LogP contribution in [-0.2, 0) is 9.59 Å². The molecule has 0 heterocycles. The second kappa shape index (κ2) is 6.11. The lowest BCUT2D eigenvalue weighted by Gasteiger charge is -2.28. The normalized spacial score (nSPS) is 13.3. The van der Waals surface area contributed by atoms with E-state index >= 15 is 0 Å². The molecule has 2 amide bonds. The summed E-state index contributed by atoms with van der Waals surface area (Å²) in [4.78, 5) is 34.5. The number of hydrogen-bond acceptors (Lipinski definition) is 5. The molecule has 1 aromatic carbocycles. The molecule has 4 N–H and O–H groups in total. The zero-order valence-electron chi connectivity index (χ0n) is 11.1. The highest BCUT2D eigenvalue weighted by atomic mass is 16.6. The Bertz CT molecular complexity index is 527. The first-order valence-corrected chi connectivity index (χ1v) is 5.88. The van der Waals surface area contributed by atoms with Crippen LogP contribution in [-0.4, -0.2) is 28.8 Å².